The fraction of sp³-hybridized carbons (Fsp3) is 0.417. The molecule has 0 unspecified atom stereocenters. The molecule has 18 heavy (non-hydrogen) atoms. The van der Waals surface area contributed by atoms with E-state index in [9.17, 15) is 13.6 Å². The van der Waals surface area contributed by atoms with Crippen molar-refractivity contribution in [1.82, 2.24) is 4.90 Å². The maximum absolute atomic E-state index is 13.6. The van der Waals surface area contributed by atoms with E-state index in [2.05, 4.69) is 0 Å². The molecule has 100 valence electrons. The van der Waals surface area contributed by atoms with E-state index in [1.54, 1.807) is 13.8 Å². The first kappa shape index (κ1) is 15.2. The van der Waals surface area contributed by atoms with Gasteiger partial charge >= 0.3 is 0 Å². The van der Waals surface area contributed by atoms with Crippen molar-refractivity contribution in [3.8, 4) is 0 Å². The van der Waals surface area contributed by atoms with Crippen LogP contribution >= 0.6 is 23.2 Å². The van der Waals surface area contributed by atoms with Crippen molar-refractivity contribution in [3.05, 3.63) is 34.4 Å². The molecule has 0 aliphatic carbocycles. The van der Waals surface area contributed by atoms with Crippen LogP contribution in [0.5, 0.6) is 0 Å². The molecule has 0 N–H and O–H groups in total. The number of halogens is 4. The van der Waals surface area contributed by atoms with E-state index in [1.165, 1.54) is 4.90 Å². The Morgan fingerprint density at radius 2 is 1.94 bits per heavy atom. The van der Waals surface area contributed by atoms with Gasteiger partial charge in [0.15, 0.2) is 0 Å². The third kappa shape index (κ3) is 3.33. The monoisotopic (exact) mass is 295 g/mol. The standard InChI is InChI=1S/C12H13Cl2F2NO/c1-7(2)17(4-3-13)12(18)8-5-11(16)9(14)6-10(8)15/h5-7H,3-4H2,1-2H3. The van der Waals surface area contributed by atoms with Gasteiger partial charge in [-0.3, -0.25) is 4.79 Å². The van der Waals surface area contributed by atoms with Crippen LogP contribution in [0.1, 0.15) is 24.2 Å². The number of alkyl halides is 1. The Morgan fingerprint density at radius 3 is 2.44 bits per heavy atom. The summed E-state index contributed by atoms with van der Waals surface area (Å²) >= 11 is 11.0. The van der Waals surface area contributed by atoms with Crippen molar-refractivity contribution in [2.24, 2.45) is 0 Å². The maximum atomic E-state index is 13.6. The number of rotatable bonds is 4. The van der Waals surface area contributed by atoms with Crippen LogP contribution in [0, 0.1) is 11.6 Å². The molecule has 6 heteroatoms. The van der Waals surface area contributed by atoms with E-state index in [1.807, 2.05) is 0 Å². The molecule has 0 spiro atoms. The average Bonchev–Trinajstić information content (AvgIpc) is 2.29. The highest BCUT2D eigenvalue weighted by molar-refractivity contribution is 6.30. The van der Waals surface area contributed by atoms with Crippen molar-refractivity contribution in [2.45, 2.75) is 19.9 Å². The normalized spacial score (nSPS) is 10.8. The van der Waals surface area contributed by atoms with Gasteiger partial charge in [0.05, 0.1) is 10.6 Å². The van der Waals surface area contributed by atoms with E-state index in [4.69, 9.17) is 23.2 Å². The number of amides is 1. The van der Waals surface area contributed by atoms with Gasteiger partial charge < -0.3 is 4.90 Å². The van der Waals surface area contributed by atoms with Gasteiger partial charge in [-0.25, -0.2) is 8.78 Å². The quantitative estimate of drug-likeness (QED) is 0.612. The fourth-order valence-electron chi connectivity index (χ4n) is 1.53. The summed E-state index contributed by atoms with van der Waals surface area (Å²) in [7, 11) is 0. The molecular formula is C12H13Cl2F2NO. The Bertz CT molecular complexity index is 452. The summed E-state index contributed by atoms with van der Waals surface area (Å²) in [6, 6.07) is 1.45. The van der Waals surface area contributed by atoms with Crippen molar-refractivity contribution in [2.75, 3.05) is 12.4 Å². The Hall–Kier alpha value is -0.870. The summed E-state index contributed by atoms with van der Waals surface area (Å²) in [6.45, 7) is 3.81. The lowest BCUT2D eigenvalue weighted by Gasteiger charge is -2.26. The second-order valence-electron chi connectivity index (χ2n) is 4.03. The zero-order chi connectivity index (χ0) is 13.9. The SMILES string of the molecule is CC(C)N(CCCl)C(=O)c1cc(F)c(Cl)cc1F. The molecule has 1 rings (SSSR count). The molecule has 1 amide bonds. The summed E-state index contributed by atoms with van der Waals surface area (Å²) in [5.41, 5.74) is -0.337. The third-order valence-electron chi connectivity index (χ3n) is 2.45. The highest BCUT2D eigenvalue weighted by atomic mass is 35.5. The smallest absolute Gasteiger partial charge is 0.257 e. The van der Waals surface area contributed by atoms with Crippen molar-refractivity contribution in [3.63, 3.8) is 0 Å². The molecular weight excluding hydrogens is 283 g/mol. The Morgan fingerprint density at radius 1 is 1.33 bits per heavy atom. The highest BCUT2D eigenvalue weighted by Crippen LogP contribution is 2.21. The number of carbonyl (C=O) groups excluding carboxylic acids is 1. The topological polar surface area (TPSA) is 20.3 Å². The van der Waals surface area contributed by atoms with Crippen LogP contribution in [0.25, 0.3) is 0 Å². The first-order valence-electron chi connectivity index (χ1n) is 5.40. The van der Waals surface area contributed by atoms with E-state index in [0.29, 0.717) is 0 Å². The van der Waals surface area contributed by atoms with Crippen molar-refractivity contribution >= 4 is 29.1 Å². The fourth-order valence-corrected chi connectivity index (χ4v) is 1.86. The zero-order valence-corrected chi connectivity index (χ0v) is 11.5. The Labute approximate surface area is 114 Å². The first-order valence-corrected chi connectivity index (χ1v) is 6.31. The molecule has 0 saturated heterocycles. The van der Waals surface area contributed by atoms with Gasteiger partial charge in [-0.05, 0) is 26.0 Å². The van der Waals surface area contributed by atoms with E-state index in [0.717, 1.165) is 12.1 Å². The minimum atomic E-state index is -0.841. The number of hydrogen-bond donors (Lipinski definition) is 0. The molecule has 0 radical (unpaired) electrons. The molecule has 0 aliphatic heterocycles. The van der Waals surface area contributed by atoms with Crippen LogP contribution in [-0.4, -0.2) is 29.3 Å². The van der Waals surface area contributed by atoms with Gasteiger partial charge in [-0.2, -0.15) is 0 Å². The Kier molecular flexibility index (Phi) is 5.35. The molecule has 0 aliphatic rings. The van der Waals surface area contributed by atoms with Gasteiger partial charge in [0.2, 0.25) is 0 Å². The maximum Gasteiger partial charge on any atom is 0.257 e. The van der Waals surface area contributed by atoms with Crippen LogP contribution < -0.4 is 0 Å². The van der Waals surface area contributed by atoms with Crippen molar-refractivity contribution in [1.29, 1.82) is 0 Å². The second-order valence-corrected chi connectivity index (χ2v) is 4.81. The number of nitrogens with zero attached hydrogens (tertiary/aromatic N) is 1. The summed E-state index contributed by atoms with van der Waals surface area (Å²) in [6.07, 6.45) is 0. The second kappa shape index (κ2) is 6.34. The van der Waals surface area contributed by atoms with Crippen LogP contribution in [0.15, 0.2) is 12.1 Å². The minimum absolute atomic E-state index is 0.158. The first-order chi connectivity index (χ1) is 8.38. The zero-order valence-electron chi connectivity index (χ0n) is 10.0. The van der Waals surface area contributed by atoms with E-state index >= 15 is 0 Å². The molecule has 0 atom stereocenters. The predicted octanol–water partition coefficient (Wildman–Crippen LogP) is 3.71. The van der Waals surface area contributed by atoms with Crippen molar-refractivity contribution < 1.29 is 13.6 Å². The summed E-state index contributed by atoms with van der Waals surface area (Å²) in [4.78, 5) is 13.5. The van der Waals surface area contributed by atoms with Crippen LogP contribution in [0.4, 0.5) is 8.78 Å². The summed E-state index contributed by atoms with van der Waals surface area (Å²) < 4.78 is 26.9. The van der Waals surface area contributed by atoms with Crippen LogP contribution in [0.3, 0.4) is 0 Å². The Balaban J connectivity index is 3.12. The molecule has 1 aromatic rings. The van der Waals surface area contributed by atoms with Gasteiger partial charge in [0, 0.05) is 18.5 Å². The molecule has 0 bridgehead atoms. The van der Waals surface area contributed by atoms with Crippen LogP contribution in [-0.2, 0) is 0 Å². The van der Waals surface area contributed by atoms with Gasteiger partial charge in [-0.15, -0.1) is 11.6 Å². The lowest BCUT2D eigenvalue weighted by molar-refractivity contribution is 0.0713. The molecule has 1 aromatic carbocycles. The largest absolute Gasteiger partial charge is 0.335 e. The number of carbonyl (C=O) groups is 1. The van der Waals surface area contributed by atoms with E-state index in [-0.39, 0.29) is 29.1 Å². The summed E-state index contributed by atoms with van der Waals surface area (Å²) in [5, 5.41) is -0.350. The number of hydrogen-bond acceptors (Lipinski definition) is 1. The predicted molar refractivity (Wildman–Crippen MR) is 68.3 cm³/mol. The lowest BCUT2D eigenvalue weighted by Crippen LogP contribution is -2.38. The molecule has 0 saturated carbocycles. The molecule has 2 nitrogen and oxygen atoms in total. The molecule has 0 heterocycles. The van der Waals surface area contributed by atoms with Crippen LogP contribution in [0.2, 0.25) is 5.02 Å². The molecule has 0 fully saturated rings. The number of benzene rings is 1. The average molecular weight is 296 g/mol. The third-order valence-corrected chi connectivity index (χ3v) is 2.91. The molecule has 0 aromatic heterocycles. The minimum Gasteiger partial charge on any atom is -0.335 e. The van der Waals surface area contributed by atoms with Gasteiger partial charge in [-0.1, -0.05) is 11.6 Å². The van der Waals surface area contributed by atoms with E-state index < -0.39 is 17.5 Å². The lowest BCUT2D eigenvalue weighted by atomic mass is 10.1. The highest BCUT2D eigenvalue weighted by Gasteiger charge is 2.22. The summed E-state index contributed by atoms with van der Waals surface area (Å²) in [5.74, 6) is -2.04. The van der Waals surface area contributed by atoms with Gasteiger partial charge in [0.25, 0.3) is 5.91 Å². The van der Waals surface area contributed by atoms with Gasteiger partial charge in [0.1, 0.15) is 11.6 Å².